The molecule has 24 heavy (non-hydrogen) atoms. The van der Waals surface area contributed by atoms with Gasteiger partial charge in [-0.05, 0) is 18.6 Å². The molecule has 0 unspecified atom stereocenters. The number of amides is 1. The molecule has 0 heterocycles. The van der Waals surface area contributed by atoms with Crippen LogP contribution in [0.25, 0.3) is 0 Å². The van der Waals surface area contributed by atoms with Crippen molar-refractivity contribution in [2.45, 2.75) is 13.5 Å². The molecule has 2 aromatic carbocycles. The van der Waals surface area contributed by atoms with Crippen molar-refractivity contribution >= 4 is 17.6 Å². The summed E-state index contributed by atoms with van der Waals surface area (Å²) in [5.74, 6) is 0.598. The van der Waals surface area contributed by atoms with E-state index >= 15 is 0 Å². The molecule has 6 nitrogen and oxygen atoms in total. The molecule has 2 aromatic rings. The van der Waals surface area contributed by atoms with Crippen molar-refractivity contribution in [2.24, 2.45) is 0 Å². The lowest BCUT2D eigenvalue weighted by Crippen LogP contribution is -2.16. The Bertz CT molecular complexity index is 728. The number of carbonyl (C=O) groups is 2. The first-order valence-electron chi connectivity index (χ1n) is 7.29. The summed E-state index contributed by atoms with van der Waals surface area (Å²) in [5, 5.41) is 2.57. The summed E-state index contributed by atoms with van der Waals surface area (Å²) in [5.41, 5.74) is 1.48. The number of ether oxygens (including phenoxy) is 3. The highest BCUT2D eigenvalue weighted by Crippen LogP contribution is 2.33. The van der Waals surface area contributed by atoms with E-state index in [0.29, 0.717) is 22.7 Å². The molecule has 0 radical (unpaired) electrons. The molecule has 0 aliphatic carbocycles. The van der Waals surface area contributed by atoms with Gasteiger partial charge in [-0.25, -0.2) is 4.79 Å². The van der Waals surface area contributed by atoms with E-state index in [1.54, 1.807) is 0 Å². The number of hydrogen-bond donors (Lipinski definition) is 1. The molecule has 2 rings (SSSR count). The van der Waals surface area contributed by atoms with Gasteiger partial charge >= 0.3 is 6.09 Å². The Morgan fingerprint density at radius 1 is 1.00 bits per heavy atom. The van der Waals surface area contributed by atoms with Crippen LogP contribution >= 0.6 is 0 Å². The van der Waals surface area contributed by atoms with Gasteiger partial charge in [-0.3, -0.25) is 10.1 Å². The number of benzene rings is 2. The van der Waals surface area contributed by atoms with Crippen LogP contribution in [-0.2, 0) is 11.3 Å². The third kappa shape index (κ3) is 4.25. The van der Waals surface area contributed by atoms with Gasteiger partial charge in [-0.15, -0.1) is 0 Å². The second-order valence-corrected chi connectivity index (χ2v) is 5.00. The van der Waals surface area contributed by atoms with Crippen molar-refractivity contribution in [3.05, 3.63) is 53.6 Å². The Morgan fingerprint density at radius 3 is 2.21 bits per heavy atom. The minimum absolute atomic E-state index is 0.134. The molecular formula is C18H19NO5. The Labute approximate surface area is 140 Å². The molecule has 0 spiro atoms. The molecule has 6 heteroatoms. The number of rotatable bonds is 6. The molecule has 126 valence electrons. The van der Waals surface area contributed by atoms with Crippen molar-refractivity contribution in [3.8, 4) is 11.5 Å². The smallest absolute Gasteiger partial charge is 0.411 e. The van der Waals surface area contributed by atoms with Crippen LogP contribution in [-0.4, -0.2) is 26.1 Å². The fourth-order valence-electron chi connectivity index (χ4n) is 2.14. The summed E-state index contributed by atoms with van der Waals surface area (Å²) >= 11 is 0. The quantitative estimate of drug-likeness (QED) is 0.819. The van der Waals surface area contributed by atoms with Crippen LogP contribution in [0.3, 0.4) is 0 Å². The Morgan fingerprint density at radius 2 is 1.62 bits per heavy atom. The standard InChI is InChI=1S/C18H19NO5/c1-12(20)14-9-16(22-2)17(23-3)10-15(14)19-18(21)24-11-13-7-5-4-6-8-13/h4-10H,11H2,1-3H3,(H,19,21). The van der Waals surface area contributed by atoms with Gasteiger partial charge in [0.1, 0.15) is 6.61 Å². The lowest BCUT2D eigenvalue weighted by molar-refractivity contribution is 0.101. The van der Waals surface area contributed by atoms with Gasteiger partial charge in [0.25, 0.3) is 0 Å². The number of carbonyl (C=O) groups excluding carboxylic acids is 2. The fourth-order valence-corrected chi connectivity index (χ4v) is 2.14. The first kappa shape index (κ1) is 17.3. The second kappa shape index (κ2) is 8.01. The number of anilines is 1. The molecule has 0 aromatic heterocycles. The Hall–Kier alpha value is -3.02. The third-order valence-electron chi connectivity index (χ3n) is 3.35. The van der Waals surface area contributed by atoms with Crippen molar-refractivity contribution in [1.29, 1.82) is 0 Å². The van der Waals surface area contributed by atoms with Gasteiger partial charge < -0.3 is 14.2 Å². The lowest BCUT2D eigenvalue weighted by Gasteiger charge is -2.14. The zero-order chi connectivity index (χ0) is 17.5. The largest absolute Gasteiger partial charge is 0.493 e. The third-order valence-corrected chi connectivity index (χ3v) is 3.35. The first-order chi connectivity index (χ1) is 11.5. The average molecular weight is 329 g/mol. The summed E-state index contributed by atoms with van der Waals surface area (Å²) in [6.45, 7) is 1.54. The number of hydrogen-bond acceptors (Lipinski definition) is 5. The van der Waals surface area contributed by atoms with E-state index in [-0.39, 0.29) is 12.4 Å². The maximum absolute atomic E-state index is 12.0. The van der Waals surface area contributed by atoms with Gasteiger partial charge in [0.2, 0.25) is 0 Å². The van der Waals surface area contributed by atoms with Crippen molar-refractivity contribution in [3.63, 3.8) is 0 Å². The summed E-state index contributed by atoms with van der Waals surface area (Å²) in [6, 6.07) is 12.4. The van der Waals surface area contributed by atoms with Gasteiger partial charge in [-0.2, -0.15) is 0 Å². The molecular weight excluding hydrogens is 310 g/mol. The van der Waals surface area contributed by atoms with E-state index in [0.717, 1.165) is 5.56 Å². The van der Waals surface area contributed by atoms with Crippen molar-refractivity contribution in [1.82, 2.24) is 0 Å². The number of nitrogens with one attached hydrogen (secondary N) is 1. The molecule has 0 saturated carbocycles. The molecule has 1 N–H and O–H groups in total. The highest BCUT2D eigenvalue weighted by atomic mass is 16.5. The van der Waals surface area contributed by atoms with E-state index in [4.69, 9.17) is 14.2 Å². The topological polar surface area (TPSA) is 73.9 Å². The van der Waals surface area contributed by atoms with Crippen LogP contribution in [0, 0.1) is 0 Å². The maximum Gasteiger partial charge on any atom is 0.411 e. The molecule has 0 saturated heterocycles. The van der Waals surface area contributed by atoms with Crippen molar-refractivity contribution < 1.29 is 23.8 Å². The lowest BCUT2D eigenvalue weighted by atomic mass is 10.1. The summed E-state index contributed by atoms with van der Waals surface area (Å²) < 4.78 is 15.5. The van der Waals surface area contributed by atoms with Crippen LogP contribution in [0.4, 0.5) is 10.5 Å². The summed E-state index contributed by atoms with van der Waals surface area (Å²) in [4.78, 5) is 23.8. The van der Waals surface area contributed by atoms with Gasteiger partial charge in [0, 0.05) is 11.6 Å². The summed E-state index contributed by atoms with van der Waals surface area (Å²) in [7, 11) is 2.95. The SMILES string of the molecule is COc1cc(NC(=O)OCc2ccccc2)c(C(C)=O)cc1OC. The molecule has 0 atom stereocenters. The van der Waals surface area contributed by atoms with E-state index in [9.17, 15) is 9.59 Å². The first-order valence-corrected chi connectivity index (χ1v) is 7.29. The van der Waals surface area contributed by atoms with Crippen LogP contribution in [0.2, 0.25) is 0 Å². The predicted octanol–water partition coefficient (Wildman–Crippen LogP) is 3.66. The minimum atomic E-state index is -0.659. The zero-order valence-corrected chi connectivity index (χ0v) is 13.8. The van der Waals surface area contributed by atoms with Crippen LogP contribution < -0.4 is 14.8 Å². The molecule has 0 aliphatic heterocycles. The van der Waals surface area contributed by atoms with Gasteiger partial charge in [0.05, 0.1) is 19.9 Å². The highest BCUT2D eigenvalue weighted by Gasteiger charge is 2.16. The zero-order valence-electron chi connectivity index (χ0n) is 13.8. The molecule has 0 fully saturated rings. The highest BCUT2D eigenvalue weighted by molar-refractivity contribution is 6.03. The molecule has 0 aliphatic rings. The number of ketones is 1. The number of Topliss-reactive ketones (excluding diaryl/α,β-unsaturated/α-hetero) is 1. The van der Waals surface area contributed by atoms with Crippen LogP contribution in [0.5, 0.6) is 11.5 Å². The fraction of sp³-hybridized carbons (Fsp3) is 0.222. The van der Waals surface area contributed by atoms with E-state index in [1.807, 2.05) is 30.3 Å². The monoisotopic (exact) mass is 329 g/mol. The average Bonchev–Trinajstić information content (AvgIpc) is 2.60. The molecule has 0 bridgehead atoms. The Kier molecular flexibility index (Phi) is 5.78. The van der Waals surface area contributed by atoms with Gasteiger partial charge in [-0.1, -0.05) is 30.3 Å². The minimum Gasteiger partial charge on any atom is -0.493 e. The number of methoxy groups -OCH3 is 2. The van der Waals surface area contributed by atoms with Gasteiger partial charge in [0.15, 0.2) is 17.3 Å². The molecule has 1 amide bonds. The Balaban J connectivity index is 2.15. The van der Waals surface area contributed by atoms with E-state index < -0.39 is 6.09 Å². The van der Waals surface area contributed by atoms with Crippen molar-refractivity contribution in [2.75, 3.05) is 19.5 Å². The predicted molar refractivity (Wildman–Crippen MR) is 89.8 cm³/mol. The van der Waals surface area contributed by atoms with Crippen LogP contribution in [0.15, 0.2) is 42.5 Å². The normalized spacial score (nSPS) is 9.96. The maximum atomic E-state index is 12.0. The van der Waals surface area contributed by atoms with E-state index in [2.05, 4.69) is 5.32 Å². The van der Waals surface area contributed by atoms with E-state index in [1.165, 1.54) is 33.3 Å². The summed E-state index contributed by atoms with van der Waals surface area (Å²) in [6.07, 6.45) is -0.659. The van der Waals surface area contributed by atoms with Crippen LogP contribution in [0.1, 0.15) is 22.8 Å². The second-order valence-electron chi connectivity index (χ2n) is 5.00.